The molecule has 1 saturated carbocycles. The van der Waals surface area contributed by atoms with Gasteiger partial charge in [0.25, 0.3) is 0 Å². The second-order valence-electron chi connectivity index (χ2n) is 6.55. The molecular weight excluding hydrogens is 268 g/mol. The van der Waals surface area contributed by atoms with Crippen LogP contribution in [0.3, 0.4) is 0 Å². The lowest BCUT2D eigenvalue weighted by molar-refractivity contribution is 0.583. The summed E-state index contributed by atoms with van der Waals surface area (Å²) in [6.45, 7) is 12.5. The second-order valence-corrected chi connectivity index (χ2v) is 7.41. The van der Waals surface area contributed by atoms with Crippen molar-refractivity contribution < 1.29 is 0 Å². The fraction of sp³-hybridized carbons (Fsp3) is 0.733. The van der Waals surface area contributed by atoms with Crippen LogP contribution in [-0.2, 0) is 12.0 Å². The van der Waals surface area contributed by atoms with Crippen LogP contribution in [-0.4, -0.2) is 23.5 Å². The monoisotopic (exact) mass is 294 g/mol. The van der Waals surface area contributed by atoms with Gasteiger partial charge in [0.05, 0.1) is 17.2 Å². The average molecular weight is 294 g/mol. The SMILES string of the molecule is CCNC(=NCc1csc(C(C)(C)C)n1)NC1CC1C. The van der Waals surface area contributed by atoms with Gasteiger partial charge in [0.15, 0.2) is 5.96 Å². The number of hydrogen-bond donors (Lipinski definition) is 2. The number of nitrogens with one attached hydrogen (secondary N) is 2. The third-order valence-corrected chi connectivity index (χ3v) is 4.69. The Morgan fingerprint density at radius 3 is 2.70 bits per heavy atom. The van der Waals surface area contributed by atoms with E-state index in [2.05, 4.69) is 60.6 Å². The van der Waals surface area contributed by atoms with E-state index >= 15 is 0 Å². The van der Waals surface area contributed by atoms with Crippen molar-refractivity contribution in [3.63, 3.8) is 0 Å². The van der Waals surface area contributed by atoms with E-state index in [1.165, 1.54) is 11.4 Å². The summed E-state index contributed by atoms with van der Waals surface area (Å²) in [7, 11) is 0. The van der Waals surface area contributed by atoms with E-state index in [0.717, 1.165) is 24.1 Å². The largest absolute Gasteiger partial charge is 0.357 e. The fourth-order valence-electron chi connectivity index (χ4n) is 1.90. The molecule has 0 radical (unpaired) electrons. The Bertz CT molecular complexity index is 472. The molecule has 2 rings (SSSR count). The lowest BCUT2D eigenvalue weighted by atomic mass is 9.98. The summed E-state index contributed by atoms with van der Waals surface area (Å²) in [4.78, 5) is 9.31. The zero-order chi connectivity index (χ0) is 14.8. The van der Waals surface area contributed by atoms with Crippen molar-refractivity contribution in [3.8, 4) is 0 Å². The van der Waals surface area contributed by atoms with E-state index in [-0.39, 0.29) is 5.41 Å². The Hall–Kier alpha value is -1.10. The highest BCUT2D eigenvalue weighted by molar-refractivity contribution is 7.09. The molecule has 0 saturated heterocycles. The standard InChI is InChI=1S/C15H26N4S/c1-6-16-14(19-12-7-10(12)2)17-8-11-9-20-13(18-11)15(3,4)5/h9-10,12H,6-8H2,1-5H3,(H2,16,17,19). The zero-order valence-corrected chi connectivity index (χ0v) is 14.0. The van der Waals surface area contributed by atoms with Crippen LogP contribution in [0.15, 0.2) is 10.4 Å². The van der Waals surface area contributed by atoms with E-state index < -0.39 is 0 Å². The molecule has 0 aromatic carbocycles. The topological polar surface area (TPSA) is 49.3 Å². The Kier molecular flexibility index (Phi) is 4.68. The minimum absolute atomic E-state index is 0.124. The molecule has 1 aromatic rings. The van der Waals surface area contributed by atoms with Crippen molar-refractivity contribution in [2.45, 2.75) is 59.0 Å². The Morgan fingerprint density at radius 1 is 1.50 bits per heavy atom. The minimum Gasteiger partial charge on any atom is -0.357 e. The summed E-state index contributed by atoms with van der Waals surface area (Å²) in [6, 6.07) is 0.591. The first-order valence-corrected chi connectivity index (χ1v) is 8.28. The lowest BCUT2D eigenvalue weighted by Crippen LogP contribution is -2.39. The number of thiazole rings is 1. The van der Waals surface area contributed by atoms with E-state index in [4.69, 9.17) is 0 Å². The van der Waals surface area contributed by atoms with Crippen LogP contribution >= 0.6 is 11.3 Å². The summed E-state index contributed by atoms with van der Waals surface area (Å²) in [6.07, 6.45) is 1.25. The van der Waals surface area contributed by atoms with Gasteiger partial charge >= 0.3 is 0 Å². The third kappa shape index (κ3) is 4.20. The molecule has 0 aliphatic heterocycles. The Balaban J connectivity index is 1.96. The highest BCUT2D eigenvalue weighted by atomic mass is 32.1. The van der Waals surface area contributed by atoms with Gasteiger partial charge in [-0.3, -0.25) is 0 Å². The predicted molar refractivity (Wildman–Crippen MR) is 86.3 cm³/mol. The molecule has 1 fully saturated rings. The molecule has 112 valence electrons. The van der Waals surface area contributed by atoms with Gasteiger partial charge < -0.3 is 10.6 Å². The maximum Gasteiger partial charge on any atom is 0.191 e. The molecule has 2 N–H and O–H groups in total. The molecule has 20 heavy (non-hydrogen) atoms. The van der Waals surface area contributed by atoms with Gasteiger partial charge in [-0.15, -0.1) is 11.3 Å². The molecule has 1 heterocycles. The molecular formula is C15H26N4S. The number of nitrogens with zero attached hydrogens (tertiary/aromatic N) is 2. The second kappa shape index (κ2) is 6.12. The summed E-state index contributed by atoms with van der Waals surface area (Å²) >= 11 is 1.73. The van der Waals surface area contributed by atoms with Gasteiger partial charge in [0.2, 0.25) is 0 Å². The Morgan fingerprint density at radius 2 is 2.20 bits per heavy atom. The highest BCUT2D eigenvalue weighted by Crippen LogP contribution is 2.29. The van der Waals surface area contributed by atoms with Crippen molar-refractivity contribution in [3.05, 3.63) is 16.1 Å². The van der Waals surface area contributed by atoms with Crippen LogP contribution in [0, 0.1) is 5.92 Å². The van der Waals surface area contributed by atoms with Gasteiger partial charge in [0.1, 0.15) is 0 Å². The van der Waals surface area contributed by atoms with E-state index in [0.29, 0.717) is 12.6 Å². The van der Waals surface area contributed by atoms with Crippen LogP contribution in [0.2, 0.25) is 0 Å². The molecule has 0 amide bonds. The van der Waals surface area contributed by atoms with Crippen LogP contribution in [0.25, 0.3) is 0 Å². The number of hydrogen-bond acceptors (Lipinski definition) is 3. The molecule has 0 spiro atoms. The van der Waals surface area contributed by atoms with Gasteiger partial charge in [0, 0.05) is 23.4 Å². The summed E-state index contributed by atoms with van der Waals surface area (Å²) in [5.41, 5.74) is 1.18. The maximum atomic E-state index is 4.68. The molecule has 2 atom stereocenters. The molecule has 1 aromatic heterocycles. The van der Waals surface area contributed by atoms with E-state index in [1.807, 2.05) is 0 Å². The third-order valence-electron chi connectivity index (χ3n) is 3.37. The highest BCUT2D eigenvalue weighted by Gasteiger charge is 2.33. The van der Waals surface area contributed by atoms with Gasteiger partial charge in [-0.25, -0.2) is 9.98 Å². The predicted octanol–water partition coefficient (Wildman–Crippen LogP) is 2.90. The average Bonchev–Trinajstić information content (AvgIpc) is 2.88. The van der Waals surface area contributed by atoms with Crippen LogP contribution in [0.4, 0.5) is 0 Å². The normalized spacial score (nSPS) is 22.8. The molecule has 2 unspecified atom stereocenters. The number of guanidine groups is 1. The minimum atomic E-state index is 0.124. The number of rotatable bonds is 4. The van der Waals surface area contributed by atoms with Crippen LogP contribution < -0.4 is 10.6 Å². The van der Waals surface area contributed by atoms with E-state index in [9.17, 15) is 0 Å². The summed E-state index contributed by atoms with van der Waals surface area (Å²) < 4.78 is 0. The Labute approximate surface area is 126 Å². The van der Waals surface area contributed by atoms with Crippen LogP contribution in [0.1, 0.15) is 51.7 Å². The fourth-order valence-corrected chi connectivity index (χ4v) is 2.80. The maximum absolute atomic E-state index is 4.68. The first-order chi connectivity index (χ1) is 9.40. The van der Waals surface area contributed by atoms with Crippen LogP contribution in [0.5, 0.6) is 0 Å². The molecule has 4 nitrogen and oxygen atoms in total. The lowest BCUT2D eigenvalue weighted by Gasteiger charge is -2.13. The summed E-state index contributed by atoms with van der Waals surface area (Å²) in [5, 5.41) is 10.1. The van der Waals surface area contributed by atoms with Crippen molar-refractivity contribution >= 4 is 17.3 Å². The molecule has 0 bridgehead atoms. The zero-order valence-electron chi connectivity index (χ0n) is 13.2. The van der Waals surface area contributed by atoms with E-state index in [1.54, 1.807) is 11.3 Å². The molecule has 1 aliphatic rings. The number of aromatic nitrogens is 1. The first kappa shape index (κ1) is 15.3. The van der Waals surface area contributed by atoms with Crippen molar-refractivity contribution in [2.75, 3.05) is 6.54 Å². The summed E-state index contributed by atoms with van der Waals surface area (Å²) in [5.74, 6) is 1.68. The van der Waals surface area contributed by atoms with Crippen molar-refractivity contribution in [2.24, 2.45) is 10.9 Å². The molecule has 5 heteroatoms. The van der Waals surface area contributed by atoms with Crippen molar-refractivity contribution in [1.82, 2.24) is 15.6 Å². The van der Waals surface area contributed by atoms with Gasteiger partial charge in [-0.2, -0.15) is 0 Å². The number of aliphatic imine (C=N–C) groups is 1. The van der Waals surface area contributed by atoms with Gasteiger partial charge in [-0.1, -0.05) is 27.7 Å². The smallest absolute Gasteiger partial charge is 0.191 e. The first-order valence-electron chi connectivity index (χ1n) is 7.40. The van der Waals surface area contributed by atoms with Crippen molar-refractivity contribution in [1.29, 1.82) is 0 Å². The quantitative estimate of drug-likeness (QED) is 0.663. The van der Waals surface area contributed by atoms with Gasteiger partial charge in [-0.05, 0) is 19.3 Å². The molecule has 1 aliphatic carbocycles.